The number of hydrogen-bond donors (Lipinski definition) is 2. The minimum Gasteiger partial charge on any atom is -0.467 e. The van der Waals surface area contributed by atoms with Crippen LogP contribution in [-0.2, 0) is 6.54 Å². The van der Waals surface area contributed by atoms with Crippen LogP contribution in [0.15, 0.2) is 41.0 Å². The van der Waals surface area contributed by atoms with E-state index in [9.17, 15) is 9.18 Å². The summed E-state index contributed by atoms with van der Waals surface area (Å²) in [7, 11) is 0. The monoisotopic (exact) mass is 273 g/mol. The second kappa shape index (κ2) is 6.55. The van der Waals surface area contributed by atoms with Crippen LogP contribution in [-0.4, -0.2) is 17.6 Å². The zero-order chi connectivity index (χ0) is 14.4. The Labute approximate surface area is 115 Å². The highest BCUT2D eigenvalue weighted by Gasteiger charge is 2.12. The predicted octanol–water partition coefficient (Wildman–Crippen LogP) is 1.69. The molecule has 1 aromatic carbocycles. The first-order valence-electron chi connectivity index (χ1n) is 5.90. The summed E-state index contributed by atoms with van der Waals surface area (Å²) in [5, 5.41) is 11.2. The Bertz CT molecular complexity index is 653. The number of nitrogens with one attached hydrogen (secondary N) is 1. The van der Waals surface area contributed by atoms with Gasteiger partial charge in [0.1, 0.15) is 18.2 Å². The molecule has 20 heavy (non-hydrogen) atoms. The second-order valence-electron chi connectivity index (χ2n) is 3.92. The fourth-order valence-corrected chi connectivity index (χ4v) is 1.59. The highest BCUT2D eigenvalue weighted by Crippen LogP contribution is 2.10. The van der Waals surface area contributed by atoms with Crippen molar-refractivity contribution in [3.8, 4) is 11.8 Å². The van der Waals surface area contributed by atoms with E-state index in [2.05, 4.69) is 17.2 Å². The lowest BCUT2D eigenvalue weighted by Crippen LogP contribution is -2.23. The Balaban J connectivity index is 2.12. The topological polar surface area (TPSA) is 62.5 Å². The summed E-state index contributed by atoms with van der Waals surface area (Å²) < 4.78 is 18.7. The van der Waals surface area contributed by atoms with Gasteiger partial charge in [-0.3, -0.25) is 4.79 Å². The van der Waals surface area contributed by atoms with Crippen molar-refractivity contribution in [2.75, 3.05) is 6.61 Å². The number of carbonyl (C=O) groups excluding carboxylic acids is 1. The van der Waals surface area contributed by atoms with Crippen LogP contribution in [0.4, 0.5) is 4.39 Å². The number of amides is 1. The smallest absolute Gasteiger partial charge is 0.254 e. The molecule has 0 saturated heterocycles. The molecule has 0 aliphatic carbocycles. The Hall–Kier alpha value is -2.58. The van der Waals surface area contributed by atoms with E-state index in [0.717, 1.165) is 0 Å². The van der Waals surface area contributed by atoms with E-state index in [1.807, 2.05) is 0 Å². The first-order chi connectivity index (χ1) is 9.70. The Morgan fingerprint density at radius 1 is 1.40 bits per heavy atom. The zero-order valence-corrected chi connectivity index (χ0v) is 10.5. The van der Waals surface area contributed by atoms with Crippen LogP contribution in [0.5, 0.6) is 0 Å². The van der Waals surface area contributed by atoms with E-state index in [-0.39, 0.29) is 18.7 Å². The summed E-state index contributed by atoms with van der Waals surface area (Å²) in [6, 6.07) is 7.37. The first kappa shape index (κ1) is 13.8. The normalized spacial score (nSPS) is 9.70. The lowest BCUT2D eigenvalue weighted by atomic mass is 10.1. The minimum atomic E-state index is -0.628. The standard InChI is InChI=1S/C15H12FNO3/c16-14-6-5-11(3-1-7-18)9-13(14)15(19)17-10-12-4-2-8-20-12/h2,4-6,8-9,18H,7,10H2,(H,17,19). The number of furan rings is 1. The summed E-state index contributed by atoms with van der Waals surface area (Å²) in [6.45, 7) is -0.116. The molecular formula is C15H12FNO3. The summed E-state index contributed by atoms with van der Waals surface area (Å²) in [4.78, 5) is 11.9. The fraction of sp³-hybridized carbons (Fsp3) is 0.133. The van der Waals surface area contributed by atoms with Crippen molar-refractivity contribution in [1.82, 2.24) is 5.32 Å². The van der Waals surface area contributed by atoms with Gasteiger partial charge in [-0.15, -0.1) is 0 Å². The molecule has 0 bridgehead atoms. The van der Waals surface area contributed by atoms with E-state index < -0.39 is 11.7 Å². The molecule has 2 N–H and O–H groups in total. The average molecular weight is 273 g/mol. The van der Waals surface area contributed by atoms with Gasteiger partial charge in [0.15, 0.2) is 0 Å². The van der Waals surface area contributed by atoms with Crippen molar-refractivity contribution in [2.24, 2.45) is 0 Å². The second-order valence-corrected chi connectivity index (χ2v) is 3.92. The lowest BCUT2D eigenvalue weighted by molar-refractivity contribution is 0.0944. The van der Waals surface area contributed by atoms with Crippen molar-refractivity contribution in [3.63, 3.8) is 0 Å². The van der Waals surface area contributed by atoms with Crippen molar-refractivity contribution >= 4 is 5.91 Å². The third-order valence-corrected chi connectivity index (χ3v) is 2.53. The molecule has 2 rings (SSSR count). The van der Waals surface area contributed by atoms with Crippen molar-refractivity contribution < 1.29 is 18.7 Å². The Morgan fingerprint density at radius 2 is 2.25 bits per heavy atom. The van der Waals surface area contributed by atoms with Crippen molar-refractivity contribution in [3.05, 3.63) is 59.3 Å². The lowest BCUT2D eigenvalue weighted by Gasteiger charge is -2.05. The average Bonchev–Trinajstić information content (AvgIpc) is 2.97. The molecule has 0 atom stereocenters. The Morgan fingerprint density at radius 3 is 2.95 bits per heavy atom. The highest BCUT2D eigenvalue weighted by molar-refractivity contribution is 5.94. The molecule has 1 aromatic heterocycles. The molecule has 0 aliphatic rings. The largest absolute Gasteiger partial charge is 0.467 e. The summed E-state index contributed by atoms with van der Waals surface area (Å²) in [5.74, 6) is 4.46. The number of aliphatic hydroxyl groups is 1. The number of hydrogen-bond acceptors (Lipinski definition) is 3. The molecule has 0 spiro atoms. The van der Waals surface area contributed by atoms with Gasteiger partial charge in [-0.25, -0.2) is 4.39 Å². The molecule has 2 aromatic rings. The number of benzene rings is 1. The van der Waals surface area contributed by atoms with Crippen LogP contribution in [0.1, 0.15) is 21.7 Å². The number of aliphatic hydroxyl groups excluding tert-OH is 1. The summed E-state index contributed by atoms with van der Waals surface area (Å²) in [6.07, 6.45) is 1.49. The van der Waals surface area contributed by atoms with Crippen LogP contribution in [0, 0.1) is 17.7 Å². The van der Waals surface area contributed by atoms with Crippen LogP contribution in [0.2, 0.25) is 0 Å². The van der Waals surface area contributed by atoms with Gasteiger partial charge in [0.25, 0.3) is 5.91 Å². The molecule has 0 fully saturated rings. The number of carbonyl (C=O) groups is 1. The molecule has 0 saturated carbocycles. The van der Waals surface area contributed by atoms with Gasteiger partial charge in [-0.2, -0.15) is 0 Å². The van der Waals surface area contributed by atoms with E-state index >= 15 is 0 Å². The van der Waals surface area contributed by atoms with E-state index in [1.165, 1.54) is 24.5 Å². The van der Waals surface area contributed by atoms with Crippen molar-refractivity contribution in [2.45, 2.75) is 6.54 Å². The van der Waals surface area contributed by atoms with E-state index in [4.69, 9.17) is 9.52 Å². The van der Waals surface area contributed by atoms with Gasteiger partial charge in [0.2, 0.25) is 0 Å². The quantitative estimate of drug-likeness (QED) is 0.837. The Kier molecular flexibility index (Phi) is 4.53. The maximum atomic E-state index is 13.6. The van der Waals surface area contributed by atoms with Crippen LogP contribution in [0.25, 0.3) is 0 Å². The summed E-state index contributed by atoms with van der Waals surface area (Å²) in [5.41, 5.74) is 0.366. The molecule has 4 nitrogen and oxygen atoms in total. The van der Waals surface area contributed by atoms with E-state index in [0.29, 0.717) is 11.3 Å². The minimum absolute atomic E-state index is 0.0960. The molecule has 1 heterocycles. The first-order valence-corrected chi connectivity index (χ1v) is 5.90. The third-order valence-electron chi connectivity index (χ3n) is 2.53. The number of rotatable bonds is 3. The van der Waals surface area contributed by atoms with Gasteiger partial charge >= 0.3 is 0 Å². The molecule has 1 amide bonds. The molecule has 0 aliphatic heterocycles. The van der Waals surface area contributed by atoms with Gasteiger partial charge in [0.05, 0.1) is 18.4 Å². The molecule has 0 unspecified atom stereocenters. The molecule has 102 valence electrons. The van der Waals surface area contributed by atoms with Gasteiger partial charge in [-0.05, 0) is 30.3 Å². The maximum Gasteiger partial charge on any atom is 0.254 e. The van der Waals surface area contributed by atoms with Crippen LogP contribution < -0.4 is 5.32 Å². The van der Waals surface area contributed by atoms with Crippen molar-refractivity contribution in [1.29, 1.82) is 0 Å². The van der Waals surface area contributed by atoms with Crippen LogP contribution in [0.3, 0.4) is 0 Å². The van der Waals surface area contributed by atoms with Gasteiger partial charge in [-0.1, -0.05) is 11.8 Å². The zero-order valence-electron chi connectivity index (χ0n) is 10.5. The fourth-order valence-electron chi connectivity index (χ4n) is 1.59. The predicted molar refractivity (Wildman–Crippen MR) is 70.2 cm³/mol. The number of halogens is 1. The maximum absolute atomic E-state index is 13.6. The molecule has 5 heteroatoms. The third kappa shape index (κ3) is 3.46. The summed E-state index contributed by atoms with van der Waals surface area (Å²) >= 11 is 0. The van der Waals surface area contributed by atoms with E-state index in [1.54, 1.807) is 12.1 Å². The van der Waals surface area contributed by atoms with Gasteiger partial charge < -0.3 is 14.8 Å². The van der Waals surface area contributed by atoms with Gasteiger partial charge in [0, 0.05) is 5.56 Å². The SMILES string of the molecule is O=C(NCc1ccco1)c1cc(C#CCO)ccc1F. The highest BCUT2D eigenvalue weighted by atomic mass is 19.1. The van der Waals surface area contributed by atoms with Crippen LogP contribution >= 0.6 is 0 Å². The molecule has 0 radical (unpaired) electrons. The molecular weight excluding hydrogens is 261 g/mol.